The molecule has 1 aliphatic carbocycles. The van der Waals surface area contributed by atoms with Crippen molar-refractivity contribution in [2.75, 3.05) is 13.1 Å². The molecule has 2 N–H and O–H groups in total. The second-order valence-corrected chi connectivity index (χ2v) is 6.37. The van der Waals surface area contributed by atoms with Gasteiger partial charge in [-0.25, -0.2) is 4.79 Å². The van der Waals surface area contributed by atoms with E-state index in [0.29, 0.717) is 18.5 Å². The number of hydrogen-bond donors (Lipinski definition) is 2. The summed E-state index contributed by atoms with van der Waals surface area (Å²) < 4.78 is 0. The molecule has 0 aromatic heterocycles. The van der Waals surface area contributed by atoms with Crippen LogP contribution in [0.2, 0.25) is 0 Å². The number of piperidine rings is 1. The summed E-state index contributed by atoms with van der Waals surface area (Å²) >= 11 is 0. The first-order chi connectivity index (χ1) is 9.10. The number of nitrogens with zero attached hydrogens (tertiary/aromatic N) is 1. The molecule has 0 aromatic rings. The molecule has 2 fully saturated rings. The highest BCUT2D eigenvalue weighted by atomic mass is 16.3. The molecule has 4 unspecified atom stereocenters. The summed E-state index contributed by atoms with van der Waals surface area (Å²) in [6.45, 7) is 5.54. The third-order valence-corrected chi connectivity index (χ3v) is 4.89. The topological polar surface area (TPSA) is 52.6 Å². The van der Waals surface area contributed by atoms with Crippen molar-refractivity contribution in [3.8, 4) is 0 Å². The molecule has 110 valence electrons. The molecule has 2 aliphatic rings. The van der Waals surface area contributed by atoms with Crippen molar-refractivity contribution in [3.63, 3.8) is 0 Å². The Hall–Kier alpha value is -0.770. The van der Waals surface area contributed by atoms with Crippen molar-refractivity contribution in [2.45, 2.75) is 64.5 Å². The number of urea groups is 1. The van der Waals surface area contributed by atoms with E-state index in [1.165, 1.54) is 19.3 Å². The minimum atomic E-state index is -0.366. The van der Waals surface area contributed by atoms with Gasteiger partial charge in [0.1, 0.15) is 0 Å². The Labute approximate surface area is 116 Å². The lowest BCUT2D eigenvalue weighted by Crippen LogP contribution is -2.52. The van der Waals surface area contributed by atoms with Gasteiger partial charge < -0.3 is 15.3 Å². The molecule has 0 radical (unpaired) electrons. The minimum absolute atomic E-state index is 0.0210. The van der Waals surface area contributed by atoms with Gasteiger partial charge in [0.05, 0.1) is 6.10 Å². The van der Waals surface area contributed by atoms with Crippen molar-refractivity contribution in [1.82, 2.24) is 10.2 Å². The predicted molar refractivity (Wildman–Crippen MR) is 75.9 cm³/mol. The zero-order valence-corrected chi connectivity index (χ0v) is 12.3. The first kappa shape index (κ1) is 14.6. The average molecular weight is 268 g/mol. The van der Waals surface area contributed by atoms with Crippen LogP contribution in [0.25, 0.3) is 0 Å². The summed E-state index contributed by atoms with van der Waals surface area (Å²) in [5.74, 6) is 1.08. The quantitative estimate of drug-likeness (QED) is 0.808. The third kappa shape index (κ3) is 3.85. The number of amides is 2. The summed E-state index contributed by atoms with van der Waals surface area (Å²) in [5, 5.41) is 13.0. The molecule has 0 bridgehead atoms. The van der Waals surface area contributed by atoms with Gasteiger partial charge in [-0.1, -0.05) is 33.1 Å². The number of β-amino-alcohol motifs (C(OH)–C–C–N with tert-alkyl or cyclic N) is 1. The molecule has 4 heteroatoms. The van der Waals surface area contributed by atoms with Gasteiger partial charge in [0.15, 0.2) is 0 Å². The van der Waals surface area contributed by atoms with Crippen LogP contribution >= 0.6 is 0 Å². The zero-order valence-electron chi connectivity index (χ0n) is 12.3. The summed E-state index contributed by atoms with van der Waals surface area (Å²) in [5.41, 5.74) is 0. The normalized spacial score (nSPS) is 36.1. The van der Waals surface area contributed by atoms with Gasteiger partial charge in [-0.3, -0.25) is 0 Å². The zero-order chi connectivity index (χ0) is 13.8. The molecule has 1 aliphatic heterocycles. The molecule has 2 amide bonds. The van der Waals surface area contributed by atoms with Crippen LogP contribution in [0.15, 0.2) is 0 Å². The number of aliphatic hydroxyl groups excluding tert-OH is 1. The Morgan fingerprint density at radius 2 is 2.16 bits per heavy atom. The number of carbonyl (C=O) groups excluding carboxylic acids is 1. The smallest absolute Gasteiger partial charge is 0.317 e. The maximum absolute atomic E-state index is 12.2. The van der Waals surface area contributed by atoms with E-state index in [2.05, 4.69) is 12.2 Å². The molecule has 0 aromatic carbocycles. The molecule has 0 spiro atoms. The minimum Gasteiger partial charge on any atom is -0.391 e. The van der Waals surface area contributed by atoms with Crippen molar-refractivity contribution >= 4 is 6.03 Å². The Bertz CT molecular complexity index is 309. The van der Waals surface area contributed by atoms with Crippen molar-refractivity contribution < 1.29 is 9.90 Å². The summed E-state index contributed by atoms with van der Waals surface area (Å²) in [6.07, 6.45) is 6.51. The van der Waals surface area contributed by atoms with E-state index in [-0.39, 0.29) is 12.1 Å². The average Bonchev–Trinajstić information content (AvgIpc) is 2.42. The molecule has 4 nitrogen and oxygen atoms in total. The fourth-order valence-electron chi connectivity index (χ4n) is 3.29. The number of aliphatic hydroxyl groups is 1. The van der Waals surface area contributed by atoms with E-state index in [1.807, 2.05) is 6.92 Å². The fourth-order valence-corrected chi connectivity index (χ4v) is 3.29. The van der Waals surface area contributed by atoms with Crippen LogP contribution in [0.5, 0.6) is 0 Å². The second kappa shape index (κ2) is 6.60. The van der Waals surface area contributed by atoms with E-state index in [4.69, 9.17) is 0 Å². The van der Waals surface area contributed by atoms with Gasteiger partial charge >= 0.3 is 6.03 Å². The van der Waals surface area contributed by atoms with E-state index in [1.54, 1.807) is 4.90 Å². The monoisotopic (exact) mass is 268 g/mol. The van der Waals surface area contributed by atoms with Crippen LogP contribution < -0.4 is 5.32 Å². The number of rotatable bonds is 2. The highest BCUT2D eigenvalue weighted by Gasteiger charge is 2.29. The first-order valence-corrected chi connectivity index (χ1v) is 7.83. The number of carbonyl (C=O) groups is 1. The van der Waals surface area contributed by atoms with Gasteiger partial charge in [0.2, 0.25) is 0 Å². The molecule has 4 atom stereocenters. The summed E-state index contributed by atoms with van der Waals surface area (Å²) in [6, 6.07) is 0.357. The Morgan fingerprint density at radius 1 is 1.37 bits per heavy atom. The molecular formula is C15H28N2O2. The van der Waals surface area contributed by atoms with Gasteiger partial charge in [-0.15, -0.1) is 0 Å². The number of nitrogens with one attached hydrogen (secondary N) is 1. The third-order valence-electron chi connectivity index (χ3n) is 4.89. The second-order valence-electron chi connectivity index (χ2n) is 6.37. The van der Waals surface area contributed by atoms with E-state index in [9.17, 15) is 9.90 Å². The molecule has 1 saturated carbocycles. The lowest BCUT2D eigenvalue weighted by Gasteiger charge is -2.36. The lowest BCUT2D eigenvalue weighted by molar-refractivity contribution is 0.0424. The predicted octanol–water partition coefficient (Wildman–Crippen LogP) is 2.37. The molecule has 1 heterocycles. The van der Waals surface area contributed by atoms with Gasteiger partial charge in [0.25, 0.3) is 0 Å². The van der Waals surface area contributed by atoms with Crippen molar-refractivity contribution in [3.05, 3.63) is 0 Å². The fraction of sp³-hybridized carbons (Fsp3) is 0.933. The van der Waals surface area contributed by atoms with Crippen molar-refractivity contribution in [2.24, 2.45) is 11.8 Å². The Balaban J connectivity index is 1.80. The Kier molecular flexibility index (Phi) is 5.08. The van der Waals surface area contributed by atoms with Crippen molar-refractivity contribution in [1.29, 1.82) is 0 Å². The van der Waals surface area contributed by atoms with Gasteiger partial charge in [-0.2, -0.15) is 0 Å². The number of hydrogen-bond acceptors (Lipinski definition) is 2. The van der Waals surface area contributed by atoms with Crippen LogP contribution in [-0.4, -0.2) is 41.3 Å². The SMILES string of the molecule is CCC1CCCC(NC(=O)N2CCC(C)C(O)C2)C1. The Morgan fingerprint density at radius 3 is 2.84 bits per heavy atom. The van der Waals surface area contributed by atoms with E-state index < -0.39 is 0 Å². The molecule has 2 rings (SSSR count). The standard InChI is InChI=1S/C15H28N2O2/c1-3-12-5-4-6-13(9-12)16-15(19)17-8-7-11(2)14(18)10-17/h11-14,18H,3-10H2,1-2H3,(H,16,19). The highest BCUT2D eigenvalue weighted by Crippen LogP contribution is 2.27. The van der Waals surface area contributed by atoms with Crippen LogP contribution in [0.4, 0.5) is 4.79 Å². The van der Waals surface area contributed by atoms with Gasteiger partial charge in [0, 0.05) is 19.1 Å². The summed E-state index contributed by atoms with van der Waals surface area (Å²) in [7, 11) is 0. The van der Waals surface area contributed by atoms with Crippen LogP contribution in [-0.2, 0) is 0 Å². The molecule has 1 saturated heterocycles. The van der Waals surface area contributed by atoms with Crippen LogP contribution in [0.3, 0.4) is 0 Å². The molecule has 19 heavy (non-hydrogen) atoms. The van der Waals surface area contributed by atoms with Gasteiger partial charge in [-0.05, 0) is 31.1 Å². The first-order valence-electron chi connectivity index (χ1n) is 7.83. The van der Waals surface area contributed by atoms with Crippen LogP contribution in [0.1, 0.15) is 52.4 Å². The van der Waals surface area contributed by atoms with E-state index in [0.717, 1.165) is 31.7 Å². The lowest BCUT2D eigenvalue weighted by atomic mass is 9.84. The largest absolute Gasteiger partial charge is 0.391 e. The summed E-state index contributed by atoms with van der Waals surface area (Å²) in [4.78, 5) is 14.0. The maximum atomic E-state index is 12.2. The van der Waals surface area contributed by atoms with Crippen LogP contribution in [0, 0.1) is 11.8 Å². The van der Waals surface area contributed by atoms with E-state index >= 15 is 0 Å². The maximum Gasteiger partial charge on any atom is 0.317 e. The highest BCUT2D eigenvalue weighted by molar-refractivity contribution is 5.74. The number of likely N-dealkylation sites (tertiary alicyclic amines) is 1. The molecular weight excluding hydrogens is 240 g/mol.